The van der Waals surface area contributed by atoms with Crippen molar-refractivity contribution in [2.24, 2.45) is 11.1 Å². The Balaban J connectivity index is 1.72. The average Bonchev–Trinajstić information content (AvgIpc) is 2.96. The predicted octanol–water partition coefficient (Wildman–Crippen LogP) is 4.51. The van der Waals surface area contributed by atoms with E-state index in [9.17, 15) is 8.42 Å². The number of primary sulfonamides is 1. The van der Waals surface area contributed by atoms with Gasteiger partial charge in [-0.2, -0.15) is 0 Å². The molecule has 0 amide bonds. The molecule has 5 nitrogen and oxygen atoms in total. The summed E-state index contributed by atoms with van der Waals surface area (Å²) in [6.45, 7) is 6.90. The van der Waals surface area contributed by atoms with Crippen LogP contribution >= 0.6 is 11.8 Å². The summed E-state index contributed by atoms with van der Waals surface area (Å²) in [4.78, 5) is 2.09. The second-order valence-electron chi connectivity index (χ2n) is 8.16. The minimum Gasteiger partial charge on any atom is -0.331 e. The third-order valence-corrected chi connectivity index (χ3v) is 8.72. The Morgan fingerprint density at radius 3 is 2.57 bits per heavy atom. The molecule has 0 bridgehead atoms. The van der Waals surface area contributed by atoms with Crippen LogP contribution in [-0.2, 0) is 16.6 Å². The van der Waals surface area contributed by atoms with Crippen LogP contribution in [0.3, 0.4) is 0 Å². The Labute approximate surface area is 174 Å². The van der Waals surface area contributed by atoms with Crippen molar-refractivity contribution in [1.82, 2.24) is 5.32 Å². The quantitative estimate of drug-likeness (QED) is 0.675. The minimum absolute atomic E-state index is 0.00543. The van der Waals surface area contributed by atoms with Gasteiger partial charge in [0.25, 0.3) is 0 Å². The molecule has 0 saturated heterocycles. The van der Waals surface area contributed by atoms with Crippen molar-refractivity contribution >= 4 is 27.5 Å². The Hall–Kier alpha value is -1.02. The van der Waals surface area contributed by atoms with Crippen LogP contribution in [0.25, 0.3) is 0 Å². The van der Waals surface area contributed by atoms with E-state index in [1.54, 1.807) is 0 Å². The molecule has 1 heterocycles. The van der Waals surface area contributed by atoms with Crippen molar-refractivity contribution in [2.45, 2.75) is 77.3 Å². The van der Waals surface area contributed by atoms with Gasteiger partial charge in [0.05, 0.1) is 5.37 Å². The first-order chi connectivity index (χ1) is 13.3. The number of benzene rings is 1. The van der Waals surface area contributed by atoms with E-state index in [0.717, 1.165) is 18.2 Å². The van der Waals surface area contributed by atoms with Crippen LogP contribution < -0.4 is 15.4 Å². The molecular formula is C21H33N3O2S2. The van der Waals surface area contributed by atoms with E-state index in [0.29, 0.717) is 11.7 Å². The summed E-state index contributed by atoms with van der Waals surface area (Å²) in [5, 5.41) is 9.10. The SMILES string of the molecule is CC1=C(S(N)(=O)=O)SC(C)N1c1ccccc1CN[C@@H](C)CC1CCCCC1. The number of hydrogen-bond donors (Lipinski definition) is 2. The van der Waals surface area contributed by atoms with Gasteiger partial charge in [-0.25, -0.2) is 13.6 Å². The highest BCUT2D eigenvalue weighted by atomic mass is 32.3. The number of sulfonamides is 1. The molecule has 1 aromatic rings. The summed E-state index contributed by atoms with van der Waals surface area (Å²) < 4.78 is 24.1. The molecule has 1 aliphatic heterocycles. The molecule has 28 heavy (non-hydrogen) atoms. The Bertz CT molecular complexity index is 817. The Kier molecular flexibility index (Phi) is 7.12. The molecule has 2 atom stereocenters. The normalized spacial score (nSPS) is 22.7. The number of anilines is 1. The number of para-hydroxylation sites is 1. The van der Waals surface area contributed by atoms with Gasteiger partial charge in [-0.1, -0.05) is 62.1 Å². The van der Waals surface area contributed by atoms with Gasteiger partial charge in [-0.15, -0.1) is 0 Å². The van der Waals surface area contributed by atoms with Gasteiger partial charge < -0.3 is 10.2 Å². The molecule has 7 heteroatoms. The molecule has 1 aromatic carbocycles. The molecular weight excluding hydrogens is 390 g/mol. The fraction of sp³-hybridized carbons (Fsp3) is 0.619. The van der Waals surface area contributed by atoms with E-state index >= 15 is 0 Å². The molecule has 2 aliphatic rings. The zero-order valence-corrected chi connectivity index (χ0v) is 18.8. The number of allylic oxidation sites excluding steroid dienone is 1. The van der Waals surface area contributed by atoms with Crippen molar-refractivity contribution in [2.75, 3.05) is 4.90 Å². The lowest BCUT2D eigenvalue weighted by Gasteiger charge is -2.28. The number of nitrogens with one attached hydrogen (secondary N) is 1. The average molecular weight is 424 g/mol. The third kappa shape index (κ3) is 5.12. The molecule has 0 spiro atoms. The first kappa shape index (κ1) is 21.7. The number of nitrogens with zero attached hydrogens (tertiary/aromatic N) is 1. The summed E-state index contributed by atoms with van der Waals surface area (Å²) in [5.41, 5.74) is 2.94. The van der Waals surface area contributed by atoms with Crippen LogP contribution in [0, 0.1) is 5.92 Å². The topological polar surface area (TPSA) is 75.4 Å². The third-order valence-electron chi connectivity index (χ3n) is 5.86. The van der Waals surface area contributed by atoms with Crippen molar-refractivity contribution in [1.29, 1.82) is 0 Å². The minimum atomic E-state index is -3.70. The molecule has 156 valence electrons. The fourth-order valence-electron chi connectivity index (χ4n) is 4.50. The summed E-state index contributed by atoms with van der Waals surface area (Å²) in [7, 11) is -3.70. The van der Waals surface area contributed by atoms with Gasteiger partial charge in [-0.05, 0) is 44.7 Å². The number of thioether (sulfide) groups is 1. The van der Waals surface area contributed by atoms with Crippen LogP contribution in [0.5, 0.6) is 0 Å². The summed E-state index contributed by atoms with van der Waals surface area (Å²) >= 11 is 1.31. The molecule has 1 fully saturated rings. The highest BCUT2D eigenvalue weighted by molar-refractivity contribution is 8.18. The van der Waals surface area contributed by atoms with Crippen LogP contribution in [0.2, 0.25) is 0 Å². The van der Waals surface area contributed by atoms with Gasteiger partial charge in [0.2, 0.25) is 10.0 Å². The van der Waals surface area contributed by atoms with Crippen molar-refractivity contribution < 1.29 is 8.42 Å². The standard InChI is InChI=1S/C21H33N3O2S2/c1-15(13-18-9-5-4-6-10-18)23-14-19-11-7-8-12-20(19)24-16(2)21(27-17(24)3)28(22,25)26/h7-8,11-12,15,17-18,23H,4-6,9-10,13-14H2,1-3H3,(H2,22,25,26)/t15-,17?/m0/s1. The maximum atomic E-state index is 11.9. The highest BCUT2D eigenvalue weighted by Gasteiger charge is 2.34. The summed E-state index contributed by atoms with van der Waals surface area (Å²) in [6.07, 6.45) is 8.11. The monoisotopic (exact) mass is 423 g/mol. The Morgan fingerprint density at radius 1 is 1.25 bits per heavy atom. The van der Waals surface area contributed by atoms with Gasteiger partial charge >= 0.3 is 0 Å². The summed E-state index contributed by atoms with van der Waals surface area (Å²) in [5.74, 6) is 0.851. The molecule has 0 radical (unpaired) electrons. The zero-order valence-electron chi connectivity index (χ0n) is 17.1. The number of nitrogens with two attached hydrogens (primary N) is 1. The summed E-state index contributed by atoms with van der Waals surface area (Å²) in [6, 6.07) is 8.70. The lowest BCUT2D eigenvalue weighted by molar-refractivity contribution is 0.304. The van der Waals surface area contributed by atoms with Gasteiger partial charge in [0, 0.05) is 24.0 Å². The largest absolute Gasteiger partial charge is 0.331 e. The van der Waals surface area contributed by atoms with Crippen LogP contribution in [0.15, 0.2) is 34.2 Å². The van der Waals surface area contributed by atoms with Crippen molar-refractivity contribution in [3.05, 3.63) is 39.8 Å². The first-order valence-corrected chi connectivity index (χ1v) is 12.7. The van der Waals surface area contributed by atoms with Crippen molar-refractivity contribution in [3.8, 4) is 0 Å². The molecule has 1 saturated carbocycles. The maximum Gasteiger partial charge on any atom is 0.245 e. The van der Waals surface area contributed by atoms with Crippen LogP contribution in [0.1, 0.15) is 64.9 Å². The fourth-order valence-corrected chi connectivity index (χ4v) is 6.92. The van der Waals surface area contributed by atoms with Gasteiger partial charge in [0.1, 0.15) is 4.24 Å². The molecule has 1 aliphatic carbocycles. The molecule has 1 unspecified atom stereocenters. The second-order valence-corrected chi connectivity index (χ2v) is 11.2. The second kappa shape index (κ2) is 9.20. The van der Waals surface area contributed by atoms with Crippen LogP contribution in [0.4, 0.5) is 5.69 Å². The smallest absolute Gasteiger partial charge is 0.245 e. The molecule has 3 N–H and O–H groups in total. The lowest BCUT2D eigenvalue weighted by Crippen LogP contribution is -2.30. The maximum absolute atomic E-state index is 11.9. The van der Waals surface area contributed by atoms with E-state index in [2.05, 4.69) is 29.3 Å². The molecule has 3 rings (SSSR count). The predicted molar refractivity (Wildman–Crippen MR) is 119 cm³/mol. The van der Waals surface area contributed by atoms with E-state index in [4.69, 9.17) is 5.14 Å². The molecule has 0 aromatic heterocycles. The van der Waals surface area contributed by atoms with Crippen LogP contribution in [-0.4, -0.2) is 19.8 Å². The van der Waals surface area contributed by atoms with E-state index in [-0.39, 0.29) is 9.61 Å². The first-order valence-electron chi connectivity index (χ1n) is 10.3. The number of rotatable bonds is 7. The lowest BCUT2D eigenvalue weighted by atomic mass is 9.85. The Morgan fingerprint density at radius 2 is 1.93 bits per heavy atom. The van der Waals surface area contributed by atoms with E-state index < -0.39 is 10.0 Å². The zero-order chi connectivity index (χ0) is 20.3. The van der Waals surface area contributed by atoms with Gasteiger partial charge in [0.15, 0.2) is 0 Å². The van der Waals surface area contributed by atoms with E-state index in [1.165, 1.54) is 55.9 Å². The van der Waals surface area contributed by atoms with Crippen molar-refractivity contribution in [3.63, 3.8) is 0 Å². The van der Waals surface area contributed by atoms with Gasteiger partial charge in [-0.3, -0.25) is 0 Å². The number of hydrogen-bond acceptors (Lipinski definition) is 5. The highest BCUT2D eigenvalue weighted by Crippen LogP contribution is 2.43. The van der Waals surface area contributed by atoms with E-state index in [1.807, 2.05) is 26.0 Å².